The van der Waals surface area contributed by atoms with Crippen LogP contribution in [0.4, 0.5) is 5.82 Å². The van der Waals surface area contributed by atoms with Gasteiger partial charge in [0.2, 0.25) is 0 Å². The van der Waals surface area contributed by atoms with E-state index < -0.39 is 0 Å². The first kappa shape index (κ1) is 22.9. The molecular formula is C24H28N6O2S2. The second-order valence-corrected chi connectivity index (χ2v) is 11.2. The lowest BCUT2D eigenvalue weighted by Gasteiger charge is -2.21. The second-order valence-electron chi connectivity index (χ2n) is 9.29. The zero-order chi connectivity index (χ0) is 23.7. The van der Waals surface area contributed by atoms with Crippen molar-refractivity contribution < 1.29 is 9.47 Å². The zero-order valence-electron chi connectivity index (χ0n) is 19.5. The van der Waals surface area contributed by atoms with Crippen LogP contribution in [0, 0.1) is 5.41 Å². The van der Waals surface area contributed by atoms with E-state index in [9.17, 15) is 0 Å². The molecule has 34 heavy (non-hydrogen) atoms. The first-order chi connectivity index (χ1) is 16.4. The molecule has 0 bridgehead atoms. The van der Waals surface area contributed by atoms with Crippen molar-refractivity contribution in [1.29, 1.82) is 0 Å². The van der Waals surface area contributed by atoms with E-state index in [0.717, 1.165) is 50.7 Å². The third kappa shape index (κ3) is 4.84. The smallest absolute Gasteiger partial charge is 0.175 e. The summed E-state index contributed by atoms with van der Waals surface area (Å²) in [5, 5.41) is 6.43. The molecule has 0 amide bonds. The lowest BCUT2D eigenvalue weighted by atomic mass is 9.97. The maximum atomic E-state index is 6.16. The predicted octanol–water partition coefficient (Wildman–Crippen LogP) is 4.70. The third-order valence-corrected chi connectivity index (χ3v) is 7.28. The molecule has 10 heteroatoms. The van der Waals surface area contributed by atoms with Crippen LogP contribution in [0.5, 0.6) is 11.5 Å². The van der Waals surface area contributed by atoms with Crippen molar-refractivity contribution in [1.82, 2.24) is 24.8 Å². The Morgan fingerprint density at radius 1 is 1.18 bits per heavy atom. The van der Waals surface area contributed by atoms with Gasteiger partial charge in [0, 0.05) is 35.0 Å². The molecular weight excluding hydrogens is 468 g/mol. The Bertz CT molecular complexity index is 1300. The highest BCUT2D eigenvalue weighted by Crippen LogP contribution is 2.45. The number of hydrogen-bond donors (Lipinski definition) is 2. The topological polar surface area (TPSA) is 100 Å². The molecule has 1 aromatic carbocycles. The molecule has 0 saturated heterocycles. The number of ether oxygens (including phenoxy) is 2. The summed E-state index contributed by atoms with van der Waals surface area (Å²) in [5.41, 5.74) is 8.82. The minimum atomic E-state index is 0.210. The Morgan fingerprint density at radius 3 is 2.71 bits per heavy atom. The van der Waals surface area contributed by atoms with Gasteiger partial charge in [0.25, 0.3) is 0 Å². The van der Waals surface area contributed by atoms with Gasteiger partial charge in [0.05, 0.1) is 0 Å². The highest BCUT2D eigenvalue weighted by molar-refractivity contribution is 7.99. The number of aromatic nitrogens is 4. The van der Waals surface area contributed by atoms with Crippen LogP contribution in [0.25, 0.3) is 21.6 Å². The van der Waals surface area contributed by atoms with Crippen LogP contribution >= 0.6 is 23.1 Å². The molecule has 3 aromatic heterocycles. The number of nitrogens with two attached hydrogens (primary N) is 1. The highest BCUT2D eigenvalue weighted by atomic mass is 32.2. The molecule has 4 heterocycles. The Balaban J connectivity index is 1.53. The summed E-state index contributed by atoms with van der Waals surface area (Å²) in [7, 11) is 0. The second kappa shape index (κ2) is 9.44. The maximum absolute atomic E-state index is 6.16. The van der Waals surface area contributed by atoms with Gasteiger partial charge in [-0.3, -0.25) is 0 Å². The van der Waals surface area contributed by atoms with E-state index in [-0.39, 0.29) is 5.41 Å². The predicted molar refractivity (Wildman–Crippen MR) is 137 cm³/mol. The summed E-state index contributed by atoms with van der Waals surface area (Å²) >= 11 is 3.27. The van der Waals surface area contributed by atoms with Crippen LogP contribution in [0.15, 0.2) is 46.0 Å². The fourth-order valence-corrected chi connectivity index (χ4v) is 5.63. The van der Waals surface area contributed by atoms with Crippen molar-refractivity contribution in [2.45, 2.75) is 37.4 Å². The number of hydrogen-bond acceptors (Lipinski definition) is 9. The summed E-state index contributed by atoms with van der Waals surface area (Å²) in [6.45, 7) is 10.2. The molecule has 1 aliphatic heterocycles. The van der Waals surface area contributed by atoms with Gasteiger partial charge in [-0.05, 0) is 29.0 Å². The Hall–Kier alpha value is -2.82. The SMILES string of the molecule is CC(C)(C)CNCCn1c(Sc2cc3c(cc2-c2cccs2)OCCO3)nc2c(N)ncnc21. The van der Waals surface area contributed by atoms with Crippen LogP contribution in [0.1, 0.15) is 20.8 Å². The van der Waals surface area contributed by atoms with Crippen molar-refractivity contribution in [2.24, 2.45) is 5.41 Å². The number of nitrogen functional groups attached to an aromatic ring is 1. The Labute approximate surface area is 206 Å². The van der Waals surface area contributed by atoms with E-state index in [2.05, 4.69) is 64.2 Å². The molecule has 8 nitrogen and oxygen atoms in total. The van der Waals surface area contributed by atoms with Gasteiger partial charge in [0.15, 0.2) is 33.6 Å². The van der Waals surface area contributed by atoms with Crippen molar-refractivity contribution in [3.8, 4) is 21.9 Å². The summed E-state index contributed by atoms with van der Waals surface area (Å²) in [5.74, 6) is 1.91. The average Bonchev–Trinajstić information content (AvgIpc) is 3.45. The van der Waals surface area contributed by atoms with Gasteiger partial charge in [-0.2, -0.15) is 0 Å². The summed E-state index contributed by atoms with van der Waals surface area (Å²) in [6, 6.07) is 8.28. The molecule has 0 saturated carbocycles. The van der Waals surface area contributed by atoms with Gasteiger partial charge >= 0.3 is 0 Å². The Kier molecular flexibility index (Phi) is 6.37. The largest absolute Gasteiger partial charge is 0.486 e. The van der Waals surface area contributed by atoms with E-state index in [1.807, 2.05) is 6.07 Å². The number of anilines is 1. The number of imidazole rings is 1. The molecule has 5 rings (SSSR count). The number of nitrogens with zero attached hydrogens (tertiary/aromatic N) is 4. The van der Waals surface area contributed by atoms with Crippen LogP contribution in [-0.2, 0) is 6.54 Å². The minimum absolute atomic E-state index is 0.210. The van der Waals surface area contributed by atoms with Crippen LogP contribution in [0.2, 0.25) is 0 Å². The molecule has 178 valence electrons. The van der Waals surface area contributed by atoms with Crippen LogP contribution < -0.4 is 20.5 Å². The molecule has 1 aliphatic rings. The van der Waals surface area contributed by atoms with Gasteiger partial charge < -0.3 is 25.1 Å². The lowest BCUT2D eigenvalue weighted by molar-refractivity contribution is 0.171. The lowest BCUT2D eigenvalue weighted by Crippen LogP contribution is -2.29. The van der Waals surface area contributed by atoms with Crippen LogP contribution in [-0.4, -0.2) is 45.8 Å². The average molecular weight is 497 g/mol. The molecule has 3 N–H and O–H groups in total. The van der Waals surface area contributed by atoms with Crippen LogP contribution in [0.3, 0.4) is 0 Å². The zero-order valence-corrected chi connectivity index (χ0v) is 21.1. The molecule has 0 spiro atoms. The number of rotatable bonds is 7. The Morgan fingerprint density at radius 2 is 1.97 bits per heavy atom. The van der Waals surface area contributed by atoms with Crippen molar-refractivity contribution >= 4 is 40.1 Å². The summed E-state index contributed by atoms with van der Waals surface area (Å²) in [4.78, 5) is 15.7. The number of thiophene rings is 1. The fraction of sp³-hybridized carbons (Fsp3) is 0.375. The van der Waals surface area contributed by atoms with E-state index in [1.54, 1.807) is 23.1 Å². The summed E-state index contributed by atoms with van der Waals surface area (Å²) in [6.07, 6.45) is 1.49. The van der Waals surface area contributed by atoms with Gasteiger partial charge in [-0.25, -0.2) is 15.0 Å². The summed E-state index contributed by atoms with van der Waals surface area (Å²) < 4.78 is 13.8. The monoisotopic (exact) mass is 496 g/mol. The van der Waals surface area contributed by atoms with Crippen molar-refractivity contribution in [3.05, 3.63) is 36.0 Å². The van der Waals surface area contributed by atoms with E-state index in [0.29, 0.717) is 31.1 Å². The molecule has 0 radical (unpaired) electrons. The highest BCUT2D eigenvalue weighted by Gasteiger charge is 2.22. The molecule has 0 fully saturated rings. The molecule has 4 aromatic rings. The first-order valence-electron chi connectivity index (χ1n) is 11.2. The fourth-order valence-electron chi connectivity index (χ4n) is 3.74. The third-order valence-electron chi connectivity index (χ3n) is 5.33. The van der Waals surface area contributed by atoms with Crippen molar-refractivity contribution in [2.75, 3.05) is 32.0 Å². The first-order valence-corrected chi connectivity index (χ1v) is 12.9. The number of benzene rings is 1. The number of nitrogens with one attached hydrogen (secondary N) is 1. The molecule has 0 unspecified atom stereocenters. The van der Waals surface area contributed by atoms with Crippen molar-refractivity contribution in [3.63, 3.8) is 0 Å². The quantitative estimate of drug-likeness (QED) is 0.355. The molecule has 0 aliphatic carbocycles. The van der Waals surface area contributed by atoms with Gasteiger partial charge in [-0.15, -0.1) is 11.3 Å². The maximum Gasteiger partial charge on any atom is 0.175 e. The van der Waals surface area contributed by atoms with E-state index >= 15 is 0 Å². The number of fused-ring (bicyclic) bond motifs is 2. The van der Waals surface area contributed by atoms with E-state index in [1.165, 1.54) is 6.33 Å². The van der Waals surface area contributed by atoms with E-state index in [4.69, 9.17) is 20.2 Å². The standard InChI is InChI=1S/C24H28N6O2S2/c1-24(2,3)13-26-6-7-30-22-20(21(25)27-14-28-22)29-23(30)34-19-12-17-16(31-8-9-32-17)11-15(19)18-5-4-10-33-18/h4-5,10-12,14,26H,6-9,13H2,1-3H3,(H2,25,27,28). The minimum Gasteiger partial charge on any atom is -0.486 e. The molecule has 0 atom stereocenters. The normalized spacial score (nSPS) is 13.5. The van der Waals surface area contributed by atoms with Gasteiger partial charge in [-0.1, -0.05) is 38.6 Å². The van der Waals surface area contributed by atoms with Gasteiger partial charge in [0.1, 0.15) is 19.5 Å².